The number of fused-ring (bicyclic) bond motifs is 1. The molecule has 0 radical (unpaired) electrons. The van der Waals surface area contributed by atoms with Crippen molar-refractivity contribution < 1.29 is 26.1 Å². The van der Waals surface area contributed by atoms with Crippen LogP contribution in [0.2, 0.25) is 5.02 Å². The molecule has 0 saturated carbocycles. The van der Waals surface area contributed by atoms with Crippen molar-refractivity contribution in [1.29, 1.82) is 0 Å². The van der Waals surface area contributed by atoms with Gasteiger partial charge in [0.05, 0.1) is 16.8 Å². The van der Waals surface area contributed by atoms with E-state index in [1.807, 2.05) is 0 Å². The van der Waals surface area contributed by atoms with Gasteiger partial charge in [-0.05, 0) is 36.8 Å². The molecule has 162 valence electrons. The first-order valence-corrected chi connectivity index (χ1v) is 10.9. The second kappa shape index (κ2) is 7.24. The zero-order valence-corrected chi connectivity index (χ0v) is 17.5. The van der Waals surface area contributed by atoms with E-state index in [1.165, 1.54) is 6.20 Å². The third-order valence-corrected chi connectivity index (χ3v) is 5.13. The summed E-state index contributed by atoms with van der Waals surface area (Å²) in [5.74, 6) is 0.193. The van der Waals surface area contributed by atoms with E-state index in [0.29, 0.717) is 16.8 Å². The number of aromatic nitrogens is 4. The standard InChI is InChI=1S/C18H13ClF3N5O3S/c1-9-5-11(26-31(2,28)29)3-4-12(9)15-24-17(30-25-15)14-8-27-7-10(18(20,21)22)6-13(19)16(27)23-14/h3-8,26H,1-2H3. The molecule has 0 saturated heterocycles. The summed E-state index contributed by atoms with van der Waals surface area (Å²) in [6, 6.07) is 5.56. The van der Waals surface area contributed by atoms with Crippen LogP contribution in [0, 0.1) is 6.92 Å². The highest BCUT2D eigenvalue weighted by Gasteiger charge is 2.32. The van der Waals surface area contributed by atoms with Gasteiger partial charge in [-0.2, -0.15) is 18.2 Å². The first-order chi connectivity index (χ1) is 14.4. The van der Waals surface area contributed by atoms with E-state index in [1.54, 1.807) is 25.1 Å². The Labute approximate surface area is 178 Å². The molecule has 0 atom stereocenters. The molecule has 1 N–H and O–H groups in total. The summed E-state index contributed by atoms with van der Waals surface area (Å²) < 4.78 is 70.5. The summed E-state index contributed by atoms with van der Waals surface area (Å²) >= 11 is 5.95. The highest BCUT2D eigenvalue weighted by atomic mass is 35.5. The van der Waals surface area contributed by atoms with Crippen LogP contribution >= 0.6 is 11.6 Å². The normalized spacial score (nSPS) is 12.5. The maximum Gasteiger partial charge on any atom is 0.417 e. The minimum atomic E-state index is -4.56. The fourth-order valence-electron chi connectivity index (χ4n) is 2.94. The number of benzene rings is 1. The molecule has 0 bridgehead atoms. The SMILES string of the molecule is Cc1cc(NS(C)(=O)=O)ccc1-c1noc(-c2cn3cc(C(F)(F)F)cc(Cl)c3n2)n1. The van der Waals surface area contributed by atoms with Crippen molar-refractivity contribution in [2.24, 2.45) is 0 Å². The number of nitrogens with one attached hydrogen (secondary N) is 1. The van der Waals surface area contributed by atoms with E-state index < -0.39 is 21.8 Å². The summed E-state index contributed by atoms with van der Waals surface area (Å²) in [6.45, 7) is 1.74. The molecule has 13 heteroatoms. The van der Waals surface area contributed by atoms with Crippen LogP contribution in [0.1, 0.15) is 11.1 Å². The van der Waals surface area contributed by atoms with Crippen molar-refractivity contribution in [3.8, 4) is 23.0 Å². The molecule has 0 fully saturated rings. The number of alkyl halides is 3. The van der Waals surface area contributed by atoms with Crippen molar-refractivity contribution in [2.45, 2.75) is 13.1 Å². The van der Waals surface area contributed by atoms with Gasteiger partial charge >= 0.3 is 6.18 Å². The Kier molecular flexibility index (Phi) is 4.93. The van der Waals surface area contributed by atoms with Crippen molar-refractivity contribution in [2.75, 3.05) is 11.0 Å². The molecule has 0 aliphatic heterocycles. The molecule has 8 nitrogen and oxygen atoms in total. The molecular weight excluding hydrogens is 459 g/mol. The second-order valence-electron chi connectivity index (χ2n) is 6.76. The molecule has 0 amide bonds. The van der Waals surface area contributed by atoms with Crippen LogP contribution < -0.4 is 4.72 Å². The molecule has 31 heavy (non-hydrogen) atoms. The Morgan fingerprint density at radius 3 is 2.55 bits per heavy atom. The fourth-order valence-corrected chi connectivity index (χ4v) is 3.76. The Bertz CT molecular complexity index is 1410. The lowest BCUT2D eigenvalue weighted by Gasteiger charge is -2.07. The van der Waals surface area contributed by atoms with E-state index in [9.17, 15) is 21.6 Å². The predicted octanol–water partition coefficient (Wildman–Crippen LogP) is 4.40. The molecule has 3 aromatic heterocycles. The van der Waals surface area contributed by atoms with Crippen molar-refractivity contribution >= 4 is 33.0 Å². The van der Waals surface area contributed by atoms with Crippen LogP contribution in [-0.2, 0) is 16.2 Å². The monoisotopic (exact) mass is 471 g/mol. The molecule has 0 aliphatic rings. The van der Waals surface area contributed by atoms with Gasteiger partial charge in [-0.1, -0.05) is 16.8 Å². The van der Waals surface area contributed by atoms with Crippen molar-refractivity contribution in [3.05, 3.63) is 52.8 Å². The maximum absolute atomic E-state index is 13.0. The molecule has 4 rings (SSSR count). The van der Waals surface area contributed by atoms with Crippen LogP contribution in [0.4, 0.5) is 18.9 Å². The molecule has 0 unspecified atom stereocenters. The largest absolute Gasteiger partial charge is 0.417 e. The van der Waals surface area contributed by atoms with Gasteiger partial charge in [0.25, 0.3) is 5.89 Å². The van der Waals surface area contributed by atoms with Crippen LogP contribution in [0.25, 0.3) is 28.6 Å². The Morgan fingerprint density at radius 2 is 1.90 bits per heavy atom. The van der Waals surface area contributed by atoms with Gasteiger partial charge in [-0.15, -0.1) is 0 Å². The summed E-state index contributed by atoms with van der Waals surface area (Å²) in [4.78, 5) is 8.43. The quantitative estimate of drug-likeness (QED) is 0.473. The number of hydrogen-bond acceptors (Lipinski definition) is 6. The average molecular weight is 472 g/mol. The summed E-state index contributed by atoms with van der Waals surface area (Å²) in [6.07, 6.45) is -1.34. The van der Waals surface area contributed by atoms with E-state index >= 15 is 0 Å². The number of sulfonamides is 1. The summed E-state index contributed by atoms with van der Waals surface area (Å²) in [5, 5.41) is 3.71. The molecular formula is C18H13ClF3N5O3S. The number of aryl methyl sites for hydroxylation is 1. The maximum atomic E-state index is 13.0. The van der Waals surface area contributed by atoms with Crippen LogP contribution in [0.15, 0.2) is 41.2 Å². The zero-order valence-electron chi connectivity index (χ0n) is 15.9. The Morgan fingerprint density at radius 1 is 1.16 bits per heavy atom. The van der Waals surface area contributed by atoms with Gasteiger partial charge in [0.1, 0.15) is 5.69 Å². The van der Waals surface area contributed by atoms with Crippen LogP contribution in [-0.4, -0.2) is 34.2 Å². The number of pyridine rings is 1. The van der Waals surface area contributed by atoms with Crippen LogP contribution in [0.3, 0.4) is 0 Å². The van der Waals surface area contributed by atoms with Crippen molar-refractivity contribution in [1.82, 2.24) is 19.5 Å². The highest BCUT2D eigenvalue weighted by molar-refractivity contribution is 7.92. The third kappa shape index (κ3) is 4.35. The van der Waals surface area contributed by atoms with E-state index in [4.69, 9.17) is 16.1 Å². The molecule has 3 heterocycles. The first-order valence-electron chi connectivity index (χ1n) is 8.59. The van der Waals surface area contributed by atoms with Gasteiger partial charge in [0.15, 0.2) is 5.65 Å². The Balaban J connectivity index is 1.69. The zero-order chi connectivity index (χ0) is 22.6. The average Bonchev–Trinajstić information content (AvgIpc) is 3.26. The molecule has 0 aliphatic carbocycles. The lowest BCUT2D eigenvalue weighted by molar-refractivity contribution is -0.137. The van der Waals surface area contributed by atoms with Gasteiger partial charge in [-0.25, -0.2) is 13.4 Å². The molecule has 1 aromatic carbocycles. The molecule has 4 aromatic rings. The predicted molar refractivity (Wildman–Crippen MR) is 107 cm³/mol. The smallest absolute Gasteiger partial charge is 0.332 e. The van der Waals surface area contributed by atoms with Gasteiger partial charge in [0.2, 0.25) is 15.8 Å². The highest BCUT2D eigenvalue weighted by Crippen LogP contribution is 2.33. The number of hydrogen-bond donors (Lipinski definition) is 1. The summed E-state index contributed by atoms with van der Waals surface area (Å²) in [5.41, 5.74) is 0.968. The fraction of sp³-hybridized carbons (Fsp3) is 0.167. The number of imidazole rings is 1. The summed E-state index contributed by atoms with van der Waals surface area (Å²) in [7, 11) is -3.42. The van der Waals surface area contributed by atoms with Crippen molar-refractivity contribution in [3.63, 3.8) is 0 Å². The van der Waals surface area contributed by atoms with Crippen LogP contribution in [0.5, 0.6) is 0 Å². The molecule has 0 spiro atoms. The second-order valence-corrected chi connectivity index (χ2v) is 8.91. The first kappa shape index (κ1) is 21.1. The van der Waals surface area contributed by atoms with E-state index in [0.717, 1.165) is 22.9 Å². The topological polar surface area (TPSA) is 102 Å². The number of anilines is 1. The minimum Gasteiger partial charge on any atom is -0.332 e. The van der Waals surface area contributed by atoms with Gasteiger partial charge in [-0.3, -0.25) is 4.72 Å². The minimum absolute atomic E-state index is 0.0129. The van der Waals surface area contributed by atoms with Gasteiger partial charge in [0, 0.05) is 23.6 Å². The van der Waals surface area contributed by atoms with E-state index in [2.05, 4.69) is 19.8 Å². The van der Waals surface area contributed by atoms with E-state index in [-0.39, 0.29) is 28.1 Å². The number of nitrogens with zero attached hydrogens (tertiary/aromatic N) is 4. The third-order valence-electron chi connectivity index (χ3n) is 4.25. The number of halogens is 4. The van der Waals surface area contributed by atoms with Gasteiger partial charge < -0.3 is 8.92 Å². The lowest BCUT2D eigenvalue weighted by Crippen LogP contribution is -2.09. The lowest BCUT2D eigenvalue weighted by atomic mass is 10.1. The number of rotatable bonds is 4. The Hall–Kier alpha value is -3.12.